The smallest absolute Gasteiger partial charge is 0.0838 e. The number of hydrogen-bond acceptors (Lipinski definition) is 2. The third-order valence-corrected chi connectivity index (χ3v) is 3.36. The molecule has 0 radical (unpaired) electrons. The molecule has 2 nitrogen and oxygen atoms in total. The standard InChI is InChI=1S/C12H14Cl2O2/c13-6-10-5-11(8-16-10)15-7-9-3-1-2-4-12(9)14/h1-4,10-11H,5-8H2. The van der Waals surface area contributed by atoms with E-state index in [4.69, 9.17) is 32.7 Å². The molecule has 16 heavy (non-hydrogen) atoms. The van der Waals surface area contributed by atoms with Crippen molar-refractivity contribution in [3.05, 3.63) is 34.9 Å². The molecule has 1 aliphatic heterocycles. The summed E-state index contributed by atoms with van der Waals surface area (Å²) in [6.07, 6.45) is 1.14. The van der Waals surface area contributed by atoms with Crippen molar-refractivity contribution < 1.29 is 9.47 Å². The van der Waals surface area contributed by atoms with Gasteiger partial charge in [0.15, 0.2) is 0 Å². The maximum absolute atomic E-state index is 6.03. The van der Waals surface area contributed by atoms with E-state index in [1.165, 1.54) is 0 Å². The van der Waals surface area contributed by atoms with Gasteiger partial charge >= 0.3 is 0 Å². The highest BCUT2D eigenvalue weighted by atomic mass is 35.5. The molecule has 0 aliphatic carbocycles. The summed E-state index contributed by atoms with van der Waals surface area (Å²) in [5.74, 6) is 0.534. The van der Waals surface area contributed by atoms with Gasteiger partial charge in [0.1, 0.15) is 0 Å². The predicted molar refractivity (Wildman–Crippen MR) is 65.1 cm³/mol. The first-order valence-electron chi connectivity index (χ1n) is 5.32. The van der Waals surface area contributed by atoms with Crippen LogP contribution in [0.2, 0.25) is 5.02 Å². The predicted octanol–water partition coefficient (Wildman–Crippen LogP) is 3.25. The first kappa shape index (κ1) is 12.2. The van der Waals surface area contributed by atoms with Crippen LogP contribution in [0.1, 0.15) is 12.0 Å². The van der Waals surface area contributed by atoms with Crippen LogP contribution in [-0.4, -0.2) is 24.7 Å². The molecule has 0 saturated carbocycles. The second-order valence-corrected chi connectivity index (χ2v) is 4.59. The second kappa shape index (κ2) is 5.87. The highest BCUT2D eigenvalue weighted by Crippen LogP contribution is 2.21. The third-order valence-electron chi connectivity index (χ3n) is 2.65. The number of rotatable bonds is 4. The minimum Gasteiger partial charge on any atom is -0.374 e. The van der Waals surface area contributed by atoms with E-state index in [0.717, 1.165) is 17.0 Å². The van der Waals surface area contributed by atoms with Crippen molar-refractivity contribution >= 4 is 23.2 Å². The molecule has 1 aromatic rings. The highest BCUT2D eigenvalue weighted by Gasteiger charge is 2.25. The van der Waals surface area contributed by atoms with Crippen molar-refractivity contribution in [2.45, 2.75) is 25.2 Å². The summed E-state index contributed by atoms with van der Waals surface area (Å²) in [6, 6.07) is 7.70. The molecule has 0 aromatic heterocycles. The first-order chi connectivity index (χ1) is 7.79. The lowest BCUT2D eigenvalue weighted by molar-refractivity contribution is 0.0288. The molecule has 1 aliphatic rings. The van der Waals surface area contributed by atoms with Crippen LogP contribution in [0.15, 0.2) is 24.3 Å². The van der Waals surface area contributed by atoms with E-state index < -0.39 is 0 Å². The third kappa shape index (κ3) is 3.11. The highest BCUT2D eigenvalue weighted by molar-refractivity contribution is 6.31. The van der Waals surface area contributed by atoms with Crippen LogP contribution in [0.4, 0.5) is 0 Å². The molecular formula is C12H14Cl2O2. The zero-order chi connectivity index (χ0) is 11.4. The fourth-order valence-corrected chi connectivity index (χ4v) is 2.12. The number of halogens is 2. The summed E-state index contributed by atoms with van der Waals surface area (Å²) in [4.78, 5) is 0. The number of hydrogen-bond donors (Lipinski definition) is 0. The van der Waals surface area contributed by atoms with E-state index in [1.807, 2.05) is 24.3 Å². The Morgan fingerprint density at radius 3 is 2.88 bits per heavy atom. The van der Waals surface area contributed by atoms with Gasteiger partial charge < -0.3 is 9.47 Å². The van der Waals surface area contributed by atoms with Gasteiger partial charge in [-0.05, 0) is 11.6 Å². The molecule has 2 atom stereocenters. The monoisotopic (exact) mass is 260 g/mol. The number of ether oxygens (including phenoxy) is 2. The van der Waals surface area contributed by atoms with Crippen LogP contribution in [-0.2, 0) is 16.1 Å². The Labute approximate surface area is 105 Å². The first-order valence-corrected chi connectivity index (χ1v) is 6.23. The molecule has 1 saturated heterocycles. The Kier molecular flexibility index (Phi) is 4.47. The summed E-state index contributed by atoms with van der Waals surface area (Å²) in [5.41, 5.74) is 1.01. The molecule has 4 heteroatoms. The van der Waals surface area contributed by atoms with E-state index in [-0.39, 0.29) is 12.2 Å². The van der Waals surface area contributed by atoms with Gasteiger partial charge in [0.2, 0.25) is 0 Å². The molecule has 88 valence electrons. The van der Waals surface area contributed by atoms with Gasteiger partial charge in [0, 0.05) is 17.3 Å². The minimum absolute atomic E-state index is 0.137. The summed E-state index contributed by atoms with van der Waals surface area (Å²) in [5, 5.41) is 0.746. The van der Waals surface area contributed by atoms with E-state index >= 15 is 0 Å². The molecule has 1 heterocycles. The minimum atomic E-state index is 0.137. The summed E-state index contributed by atoms with van der Waals surface area (Å²) in [6.45, 7) is 1.16. The summed E-state index contributed by atoms with van der Waals surface area (Å²) < 4.78 is 11.2. The molecule has 1 aromatic carbocycles. The fourth-order valence-electron chi connectivity index (χ4n) is 1.72. The zero-order valence-electron chi connectivity index (χ0n) is 8.86. The zero-order valence-corrected chi connectivity index (χ0v) is 10.4. The molecule has 2 rings (SSSR count). The van der Waals surface area contributed by atoms with Crippen LogP contribution in [0.5, 0.6) is 0 Å². The Hall–Kier alpha value is -0.280. The lowest BCUT2D eigenvalue weighted by Gasteiger charge is -2.10. The van der Waals surface area contributed by atoms with E-state index in [9.17, 15) is 0 Å². The van der Waals surface area contributed by atoms with Crippen LogP contribution in [0.3, 0.4) is 0 Å². The normalized spacial score (nSPS) is 24.9. The Bertz CT molecular complexity index is 344. The topological polar surface area (TPSA) is 18.5 Å². The molecule has 2 unspecified atom stereocenters. The van der Waals surface area contributed by atoms with Crippen molar-refractivity contribution in [2.24, 2.45) is 0 Å². The molecule has 0 bridgehead atoms. The molecule has 1 fully saturated rings. The van der Waals surface area contributed by atoms with Crippen molar-refractivity contribution in [3.63, 3.8) is 0 Å². The van der Waals surface area contributed by atoms with Gasteiger partial charge in [-0.1, -0.05) is 29.8 Å². The average molecular weight is 261 g/mol. The summed E-state index contributed by atoms with van der Waals surface area (Å²) >= 11 is 11.7. The maximum Gasteiger partial charge on any atom is 0.0838 e. The van der Waals surface area contributed by atoms with Gasteiger partial charge in [-0.25, -0.2) is 0 Å². The number of benzene rings is 1. The molecule has 0 spiro atoms. The van der Waals surface area contributed by atoms with Crippen molar-refractivity contribution in [2.75, 3.05) is 12.5 Å². The quantitative estimate of drug-likeness (QED) is 0.774. The van der Waals surface area contributed by atoms with E-state index in [2.05, 4.69) is 0 Å². The molecule has 0 amide bonds. The maximum atomic E-state index is 6.03. The average Bonchev–Trinajstić information content (AvgIpc) is 2.76. The van der Waals surface area contributed by atoms with Gasteiger partial charge in [-0.2, -0.15) is 0 Å². The number of alkyl halides is 1. The van der Waals surface area contributed by atoms with E-state index in [1.54, 1.807) is 0 Å². The molecule has 0 N–H and O–H groups in total. The largest absolute Gasteiger partial charge is 0.374 e. The van der Waals surface area contributed by atoms with Gasteiger partial charge in [-0.15, -0.1) is 11.6 Å². The summed E-state index contributed by atoms with van der Waals surface area (Å²) in [7, 11) is 0. The van der Waals surface area contributed by atoms with Crippen LogP contribution in [0, 0.1) is 0 Å². The van der Waals surface area contributed by atoms with Crippen LogP contribution < -0.4 is 0 Å². The fraction of sp³-hybridized carbons (Fsp3) is 0.500. The molecular weight excluding hydrogens is 247 g/mol. The van der Waals surface area contributed by atoms with E-state index in [0.29, 0.717) is 19.1 Å². The van der Waals surface area contributed by atoms with Gasteiger partial charge in [-0.3, -0.25) is 0 Å². The second-order valence-electron chi connectivity index (χ2n) is 3.87. The van der Waals surface area contributed by atoms with Crippen LogP contribution >= 0.6 is 23.2 Å². The Morgan fingerprint density at radius 2 is 2.19 bits per heavy atom. The Morgan fingerprint density at radius 1 is 1.38 bits per heavy atom. The lowest BCUT2D eigenvalue weighted by atomic mass is 10.2. The van der Waals surface area contributed by atoms with Crippen LogP contribution in [0.25, 0.3) is 0 Å². The Balaban J connectivity index is 1.82. The van der Waals surface area contributed by atoms with Crippen molar-refractivity contribution in [1.82, 2.24) is 0 Å². The van der Waals surface area contributed by atoms with Crippen molar-refractivity contribution in [3.8, 4) is 0 Å². The van der Waals surface area contributed by atoms with Gasteiger partial charge in [0.05, 0.1) is 25.4 Å². The van der Waals surface area contributed by atoms with Gasteiger partial charge in [0.25, 0.3) is 0 Å². The SMILES string of the molecule is ClCC1CC(OCc2ccccc2Cl)CO1. The van der Waals surface area contributed by atoms with Crippen molar-refractivity contribution in [1.29, 1.82) is 0 Å². The lowest BCUT2D eigenvalue weighted by Crippen LogP contribution is -2.13.